The number of carbonyl (C=O) groups excluding carboxylic acids is 1. The highest BCUT2D eigenvalue weighted by molar-refractivity contribution is 6.04. The lowest BCUT2D eigenvalue weighted by Crippen LogP contribution is -2.42. The first-order valence-corrected chi connectivity index (χ1v) is 8.47. The molecule has 0 aliphatic carbocycles. The van der Waals surface area contributed by atoms with Crippen molar-refractivity contribution in [3.05, 3.63) is 65.7 Å². The Morgan fingerprint density at radius 3 is 2.75 bits per heavy atom. The smallest absolute Gasteiger partial charge is 0.255 e. The van der Waals surface area contributed by atoms with Crippen LogP contribution in [0.15, 0.2) is 54.6 Å². The van der Waals surface area contributed by atoms with E-state index < -0.39 is 0 Å². The number of likely N-dealkylation sites (tertiary alicyclic amines) is 1. The van der Waals surface area contributed by atoms with Crippen LogP contribution in [-0.2, 0) is 6.54 Å². The largest absolute Gasteiger partial charge is 0.392 e. The minimum Gasteiger partial charge on any atom is -0.392 e. The van der Waals surface area contributed by atoms with Crippen molar-refractivity contribution in [1.29, 1.82) is 0 Å². The van der Waals surface area contributed by atoms with Crippen molar-refractivity contribution in [3.63, 3.8) is 0 Å². The normalized spacial score (nSPS) is 21.4. The second-order valence-corrected chi connectivity index (χ2v) is 6.59. The molecular weight excluding hydrogens is 300 g/mol. The van der Waals surface area contributed by atoms with Crippen LogP contribution >= 0.6 is 0 Å². The van der Waals surface area contributed by atoms with E-state index in [2.05, 4.69) is 17.1 Å². The van der Waals surface area contributed by atoms with Crippen molar-refractivity contribution in [1.82, 2.24) is 4.90 Å². The zero-order valence-electron chi connectivity index (χ0n) is 14.0. The Morgan fingerprint density at radius 2 is 2.00 bits per heavy atom. The summed E-state index contributed by atoms with van der Waals surface area (Å²) < 4.78 is 0. The molecule has 0 aromatic heterocycles. The van der Waals surface area contributed by atoms with E-state index in [1.165, 1.54) is 0 Å². The molecular formula is C20H24N2O2. The van der Waals surface area contributed by atoms with E-state index in [9.17, 15) is 9.90 Å². The highest BCUT2D eigenvalue weighted by Gasteiger charge is 2.24. The van der Waals surface area contributed by atoms with Crippen molar-refractivity contribution in [2.24, 2.45) is 5.92 Å². The minimum absolute atomic E-state index is 0.102. The SMILES string of the molecule is CC1CCN(Cc2cccc(C(=O)Nc3ccccc3)c2)CC1O. The minimum atomic E-state index is -0.261. The topological polar surface area (TPSA) is 52.6 Å². The maximum atomic E-state index is 12.4. The lowest BCUT2D eigenvalue weighted by Gasteiger charge is -2.34. The number of β-amino-alcohol motifs (C(OH)–C–C–N with tert-alkyl or cyclic N) is 1. The molecule has 3 rings (SSSR count). The first kappa shape index (κ1) is 16.7. The molecule has 0 saturated carbocycles. The molecule has 2 atom stereocenters. The van der Waals surface area contributed by atoms with Gasteiger partial charge in [-0.25, -0.2) is 0 Å². The van der Waals surface area contributed by atoms with Crippen LogP contribution in [-0.4, -0.2) is 35.1 Å². The van der Waals surface area contributed by atoms with Gasteiger partial charge in [-0.3, -0.25) is 9.69 Å². The van der Waals surface area contributed by atoms with Gasteiger partial charge in [0.15, 0.2) is 0 Å². The molecule has 1 aliphatic rings. The van der Waals surface area contributed by atoms with E-state index in [0.29, 0.717) is 18.0 Å². The second-order valence-electron chi connectivity index (χ2n) is 6.59. The third-order valence-corrected chi connectivity index (χ3v) is 4.63. The molecule has 4 heteroatoms. The monoisotopic (exact) mass is 324 g/mol. The van der Waals surface area contributed by atoms with Crippen LogP contribution in [0, 0.1) is 5.92 Å². The summed E-state index contributed by atoms with van der Waals surface area (Å²) in [4.78, 5) is 14.6. The fourth-order valence-electron chi connectivity index (χ4n) is 3.05. The van der Waals surface area contributed by atoms with Gasteiger partial charge in [-0.15, -0.1) is 0 Å². The number of aliphatic hydroxyl groups is 1. The highest BCUT2D eigenvalue weighted by Crippen LogP contribution is 2.19. The van der Waals surface area contributed by atoms with Gasteiger partial charge in [0.2, 0.25) is 0 Å². The zero-order valence-corrected chi connectivity index (χ0v) is 14.0. The molecule has 2 N–H and O–H groups in total. The van der Waals surface area contributed by atoms with Crippen LogP contribution in [0.5, 0.6) is 0 Å². The molecule has 1 saturated heterocycles. The Bertz CT molecular complexity index is 687. The van der Waals surface area contributed by atoms with Crippen molar-refractivity contribution < 1.29 is 9.90 Å². The first-order chi connectivity index (χ1) is 11.6. The number of piperidine rings is 1. The molecule has 24 heavy (non-hydrogen) atoms. The highest BCUT2D eigenvalue weighted by atomic mass is 16.3. The van der Waals surface area contributed by atoms with E-state index in [0.717, 1.165) is 30.8 Å². The van der Waals surface area contributed by atoms with Gasteiger partial charge in [0.1, 0.15) is 0 Å². The number of anilines is 1. The summed E-state index contributed by atoms with van der Waals surface area (Å²) in [6.45, 7) is 4.53. The van der Waals surface area contributed by atoms with Gasteiger partial charge in [-0.1, -0.05) is 37.3 Å². The number of benzene rings is 2. The van der Waals surface area contributed by atoms with Gasteiger partial charge in [0.05, 0.1) is 6.10 Å². The maximum Gasteiger partial charge on any atom is 0.255 e. The van der Waals surface area contributed by atoms with E-state index in [-0.39, 0.29) is 12.0 Å². The Hall–Kier alpha value is -2.17. The van der Waals surface area contributed by atoms with Crippen LogP contribution in [0.4, 0.5) is 5.69 Å². The molecule has 1 fully saturated rings. The zero-order chi connectivity index (χ0) is 16.9. The molecule has 126 valence electrons. The van der Waals surface area contributed by atoms with Crippen molar-refractivity contribution >= 4 is 11.6 Å². The lowest BCUT2D eigenvalue weighted by molar-refractivity contribution is 0.0259. The van der Waals surface area contributed by atoms with E-state index in [4.69, 9.17) is 0 Å². The molecule has 1 amide bonds. The van der Waals surface area contributed by atoms with Crippen molar-refractivity contribution in [2.45, 2.75) is 26.0 Å². The van der Waals surface area contributed by atoms with Crippen LogP contribution in [0.2, 0.25) is 0 Å². The molecule has 0 bridgehead atoms. The lowest BCUT2D eigenvalue weighted by atomic mass is 9.95. The Balaban J connectivity index is 1.64. The Labute approximate surface area is 143 Å². The number of rotatable bonds is 4. The Kier molecular flexibility index (Phi) is 5.28. The third kappa shape index (κ3) is 4.22. The summed E-state index contributed by atoms with van der Waals surface area (Å²) in [5.41, 5.74) is 2.54. The molecule has 2 unspecified atom stereocenters. The average Bonchev–Trinajstić information content (AvgIpc) is 2.59. The van der Waals surface area contributed by atoms with Crippen molar-refractivity contribution in [2.75, 3.05) is 18.4 Å². The maximum absolute atomic E-state index is 12.4. The predicted octanol–water partition coefficient (Wildman–Crippen LogP) is 3.14. The average molecular weight is 324 g/mol. The van der Waals surface area contributed by atoms with Gasteiger partial charge in [-0.2, -0.15) is 0 Å². The molecule has 1 aliphatic heterocycles. The fraction of sp³-hybridized carbons (Fsp3) is 0.350. The number of hydrogen-bond donors (Lipinski definition) is 2. The molecule has 2 aromatic rings. The number of para-hydroxylation sites is 1. The number of amides is 1. The number of nitrogens with zero attached hydrogens (tertiary/aromatic N) is 1. The summed E-state index contributed by atoms with van der Waals surface area (Å²) >= 11 is 0. The van der Waals surface area contributed by atoms with Crippen LogP contribution in [0.3, 0.4) is 0 Å². The van der Waals surface area contributed by atoms with Gasteiger partial charge < -0.3 is 10.4 Å². The standard InChI is InChI=1S/C20H24N2O2/c1-15-10-11-22(14-19(15)23)13-16-6-5-7-17(12-16)20(24)21-18-8-3-2-4-9-18/h2-9,12,15,19,23H,10-11,13-14H2,1H3,(H,21,24). The Morgan fingerprint density at radius 1 is 1.21 bits per heavy atom. The van der Waals surface area contributed by atoms with Crippen LogP contribution < -0.4 is 5.32 Å². The van der Waals surface area contributed by atoms with Crippen LogP contribution in [0.1, 0.15) is 29.3 Å². The number of carbonyl (C=O) groups is 1. The second kappa shape index (κ2) is 7.60. The predicted molar refractivity (Wildman–Crippen MR) is 95.9 cm³/mol. The molecule has 0 spiro atoms. The van der Waals surface area contributed by atoms with Gasteiger partial charge in [0, 0.05) is 24.3 Å². The van der Waals surface area contributed by atoms with Gasteiger partial charge >= 0.3 is 0 Å². The number of aliphatic hydroxyl groups excluding tert-OH is 1. The van der Waals surface area contributed by atoms with Crippen LogP contribution in [0.25, 0.3) is 0 Å². The molecule has 2 aromatic carbocycles. The third-order valence-electron chi connectivity index (χ3n) is 4.63. The number of hydrogen-bond acceptors (Lipinski definition) is 3. The van der Waals surface area contributed by atoms with Gasteiger partial charge in [0.25, 0.3) is 5.91 Å². The summed E-state index contributed by atoms with van der Waals surface area (Å²) in [6, 6.07) is 17.2. The van der Waals surface area contributed by atoms with E-state index in [1.807, 2.05) is 54.6 Å². The summed E-state index contributed by atoms with van der Waals surface area (Å²) in [6.07, 6.45) is 0.748. The summed E-state index contributed by atoms with van der Waals surface area (Å²) in [5.74, 6) is 0.264. The molecule has 1 heterocycles. The summed E-state index contributed by atoms with van der Waals surface area (Å²) in [5, 5.41) is 12.9. The summed E-state index contributed by atoms with van der Waals surface area (Å²) in [7, 11) is 0. The van der Waals surface area contributed by atoms with E-state index in [1.54, 1.807) is 0 Å². The fourth-order valence-corrected chi connectivity index (χ4v) is 3.05. The number of nitrogens with one attached hydrogen (secondary N) is 1. The van der Waals surface area contributed by atoms with Gasteiger partial charge in [-0.05, 0) is 48.7 Å². The van der Waals surface area contributed by atoms with E-state index >= 15 is 0 Å². The first-order valence-electron chi connectivity index (χ1n) is 8.47. The quantitative estimate of drug-likeness (QED) is 0.908. The van der Waals surface area contributed by atoms with Crippen molar-refractivity contribution in [3.8, 4) is 0 Å². The molecule has 4 nitrogen and oxygen atoms in total. The molecule has 0 radical (unpaired) electrons.